The number of hydrogen-bond acceptors (Lipinski definition) is 3. The van der Waals surface area contributed by atoms with Gasteiger partial charge in [-0.3, -0.25) is 9.10 Å². The molecule has 1 aliphatic rings. The number of carbonyl (C=O) groups excluding carboxylic acids is 1. The second-order valence-electron chi connectivity index (χ2n) is 5.20. The van der Waals surface area contributed by atoms with Crippen LogP contribution in [-0.4, -0.2) is 20.9 Å². The Bertz CT molecular complexity index is 831. The summed E-state index contributed by atoms with van der Waals surface area (Å²) in [4.78, 5) is 11.4. The number of para-hydroxylation sites is 1. The van der Waals surface area contributed by atoms with E-state index in [9.17, 15) is 13.2 Å². The largest absolute Gasteiger partial charge is 0.366 e. The van der Waals surface area contributed by atoms with Gasteiger partial charge < -0.3 is 5.73 Å². The van der Waals surface area contributed by atoms with Gasteiger partial charge in [0.25, 0.3) is 10.0 Å². The van der Waals surface area contributed by atoms with E-state index < -0.39 is 15.9 Å². The van der Waals surface area contributed by atoms with Crippen molar-refractivity contribution >= 4 is 21.6 Å². The standard InChI is InChI=1S/C16H16N2O3S/c17-16(19)13-6-3-8-14(11-13)22(20,21)18-10-4-7-12-5-1-2-9-15(12)18/h1-3,5-6,8-9,11H,4,7,10H2,(H2,17,19). The van der Waals surface area contributed by atoms with E-state index in [-0.39, 0.29) is 10.5 Å². The number of nitrogens with two attached hydrogens (primary N) is 1. The average molecular weight is 316 g/mol. The van der Waals surface area contributed by atoms with E-state index in [1.807, 2.05) is 24.3 Å². The second-order valence-corrected chi connectivity index (χ2v) is 7.06. The third-order valence-electron chi connectivity index (χ3n) is 3.77. The molecule has 2 N–H and O–H groups in total. The van der Waals surface area contributed by atoms with Crippen LogP contribution in [0.3, 0.4) is 0 Å². The second kappa shape index (κ2) is 5.46. The molecule has 1 aliphatic heterocycles. The maximum Gasteiger partial charge on any atom is 0.264 e. The van der Waals surface area contributed by atoms with Crippen molar-refractivity contribution in [1.29, 1.82) is 0 Å². The van der Waals surface area contributed by atoms with Crippen LogP contribution in [-0.2, 0) is 16.4 Å². The lowest BCUT2D eigenvalue weighted by molar-refractivity contribution is 0.1000. The number of anilines is 1. The molecule has 0 fully saturated rings. The quantitative estimate of drug-likeness (QED) is 0.939. The molecule has 0 saturated heterocycles. The molecule has 22 heavy (non-hydrogen) atoms. The van der Waals surface area contributed by atoms with E-state index in [4.69, 9.17) is 5.73 Å². The number of sulfonamides is 1. The number of nitrogens with zero attached hydrogens (tertiary/aromatic N) is 1. The molecule has 6 heteroatoms. The predicted molar refractivity (Wildman–Crippen MR) is 84.3 cm³/mol. The molecule has 0 atom stereocenters. The van der Waals surface area contributed by atoms with Crippen LogP contribution in [0.25, 0.3) is 0 Å². The minimum Gasteiger partial charge on any atom is -0.366 e. The van der Waals surface area contributed by atoms with Crippen molar-refractivity contribution in [3.05, 3.63) is 59.7 Å². The lowest BCUT2D eigenvalue weighted by Crippen LogP contribution is -2.35. The van der Waals surface area contributed by atoms with Crippen molar-refractivity contribution in [3.8, 4) is 0 Å². The van der Waals surface area contributed by atoms with Crippen LogP contribution in [0.15, 0.2) is 53.4 Å². The highest BCUT2D eigenvalue weighted by Gasteiger charge is 2.29. The summed E-state index contributed by atoms with van der Waals surface area (Å²) in [6.45, 7) is 0.431. The highest BCUT2D eigenvalue weighted by molar-refractivity contribution is 7.92. The highest BCUT2D eigenvalue weighted by Crippen LogP contribution is 2.31. The first-order valence-electron chi connectivity index (χ1n) is 7.00. The van der Waals surface area contributed by atoms with Crippen LogP contribution in [0.2, 0.25) is 0 Å². The van der Waals surface area contributed by atoms with E-state index in [0.29, 0.717) is 12.2 Å². The van der Waals surface area contributed by atoms with Gasteiger partial charge in [0.05, 0.1) is 10.6 Å². The summed E-state index contributed by atoms with van der Waals surface area (Å²) in [6.07, 6.45) is 1.63. The highest BCUT2D eigenvalue weighted by atomic mass is 32.2. The first-order chi connectivity index (χ1) is 10.5. The zero-order chi connectivity index (χ0) is 15.7. The van der Waals surface area contributed by atoms with Gasteiger partial charge in [0, 0.05) is 12.1 Å². The predicted octanol–water partition coefficient (Wildman–Crippen LogP) is 1.93. The molecule has 1 heterocycles. The Labute approximate surface area is 129 Å². The van der Waals surface area contributed by atoms with Crippen LogP contribution < -0.4 is 10.0 Å². The molecule has 0 spiro atoms. The minimum absolute atomic E-state index is 0.0838. The maximum atomic E-state index is 12.9. The summed E-state index contributed by atoms with van der Waals surface area (Å²) in [5.74, 6) is -0.643. The number of benzene rings is 2. The third kappa shape index (κ3) is 2.46. The molecule has 114 valence electrons. The van der Waals surface area contributed by atoms with Crippen molar-refractivity contribution in [1.82, 2.24) is 0 Å². The molecule has 5 nitrogen and oxygen atoms in total. The number of aryl methyl sites for hydroxylation is 1. The van der Waals surface area contributed by atoms with Crippen molar-refractivity contribution in [2.75, 3.05) is 10.8 Å². The smallest absolute Gasteiger partial charge is 0.264 e. The molecule has 0 unspecified atom stereocenters. The number of rotatable bonds is 3. The Morgan fingerprint density at radius 3 is 2.64 bits per heavy atom. The van der Waals surface area contributed by atoms with Crippen molar-refractivity contribution in [3.63, 3.8) is 0 Å². The molecule has 2 aromatic carbocycles. The topological polar surface area (TPSA) is 80.5 Å². The van der Waals surface area contributed by atoms with Crippen LogP contribution in [0.5, 0.6) is 0 Å². The monoisotopic (exact) mass is 316 g/mol. The number of carbonyl (C=O) groups is 1. The van der Waals surface area contributed by atoms with Crippen molar-refractivity contribution in [2.45, 2.75) is 17.7 Å². The maximum absolute atomic E-state index is 12.9. The van der Waals surface area contributed by atoms with Crippen LogP contribution >= 0.6 is 0 Å². The zero-order valence-electron chi connectivity index (χ0n) is 11.9. The summed E-state index contributed by atoms with van der Waals surface area (Å²) in [5, 5.41) is 0. The lowest BCUT2D eigenvalue weighted by atomic mass is 10.0. The Hall–Kier alpha value is -2.34. The van der Waals surface area contributed by atoms with Gasteiger partial charge in [-0.1, -0.05) is 24.3 Å². The van der Waals surface area contributed by atoms with Crippen LogP contribution in [0.4, 0.5) is 5.69 Å². The summed E-state index contributed by atoms with van der Waals surface area (Å²) in [7, 11) is -3.71. The number of fused-ring (bicyclic) bond motifs is 1. The van der Waals surface area contributed by atoms with E-state index in [2.05, 4.69) is 0 Å². The Balaban J connectivity index is 2.08. The van der Waals surface area contributed by atoms with Gasteiger partial charge in [-0.05, 0) is 42.7 Å². The Morgan fingerprint density at radius 1 is 1.09 bits per heavy atom. The van der Waals surface area contributed by atoms with Gasteiger partial charge in [-0.2, -0.15) is 0 Å². The molecular weight excluding hydrogens is 300 g/mol. The fourth-order valence-electron chi connectivity index (χ4n) is 2.69. The SMILES string of the molecule is NC(=O)c1cccc(S(=O)(=O)N2CCCc3ccccc32)c1. The van der Waals surface area contributed by atoms with Gasteiger partial charge in [-0.25, -0.2) is 8.42 Å². The van der Waals surface area contributed by atoms with Gasteiger partial charge in [-0.15, -0.1) is 0 Å². The Morgan fingerprint density at radius 2 is 1.86 bits per heavy atom. The zero-order valence-corrected chi connectivity index (χ0v) is 12.7. The van der Waals surface area contributed by atoms with E-state index >= 15 is 0 Å². The van der Waals surface area contributed by atoms with Gasteiger partial charge >= 0.3 is 0 Å². The molecule has 1 amide bonds. The van der Waals surface area contributed by atoms with E-state index in [1.165, 1.54) is 28.6 Å². The van der Waals surface area contributed by atoms with Gasteiger partial charge in [0.2, 0.25) is 5.91 Å². The van der Waals surface area contributed by atoms with Crippen molar-refractivity contribution < 1.29 is 13.2 Å². The number of amides is 1. The average Bonchev–Trinajstić information content (AvgIpc) is 2.54. The summed E-state index contributed by atoms with van der Waals surface area (Å²) in [6, 6.07) is 13.3. The summed E-state index contributed by atoms with van der Waals surface area (Å²) >= 11 is 0. The van der Waals surface area contributed by atoms with Crippen LogP contribution in [0, 0.1) is 0 Å². The molecule has 2 aromatic rings. The first kappa shape index (κ1) is 14.6. The van der Waals surface area contributed by atoms with Crippen LogP contribution in [0.1, 0.15) is 22.3 Å². The Kier molecular flexibility index (Phi) is 3.62. The summed E-state index contributed by atoms with van der Waals surface area (Å²) in [5.41, 5.74) is 7.14. The van der Waals surface area contributed by atoms with Gasteiger partial charge in [0.15, 0.2) is 0 Å². The molecule has 0 aliphatic carbocycles. The molecule has 0 radical (unpaired) electrons. The lowest BCUT2D eigenvalue weighted by Gasteiger charge is -2.30. The third-order valence-corrected chi connectivity index (χ3v) is 5.58. The normalized spacial score (nSPS) is 14.5. The number of hydrogen-bond donors (Lipinski definition) is 1. The fraction of sp³-hybridized carbons (Fsp3) is 0.188. The molecule has 0 bridgehead atoms. The van der Waals surface area contributed by atoms with Gasteiger partial charge in [0.1, 0.15) is 0 Å². The van der Waals surface area contributed by atoms with Crippen molar-refractivity contribution in [2.24, 2.45) is 5.73 Å². The minimum atomic E-state index is -3.71. The molecule has 3 rings (SSSR count). The molecular formula is C16H16N2O3S. The van der Waals surface area contributed by atoms with E-state index in [1.54, 1.807) is 0 Å². The first-order valence-corrected chi connectivity index (χ1v) is 8.44. The summed E-state index contributed by atoms with van der Waals surface area (Å²) < 4.78 is 27.2. The molecule has 0 saturated carbocycles. The fourth-order valence-corrected chi connectivity index (χ4v) is 4.27. The van der Waals surface area contributed by atoms with E-state index in [0.717, 1.165) is 18.4 Å². The molecule has 0 aromatic heterocycles. The number of primary amides is 1.